The number of thiazole rings is 1. The maximum absolute atomic E-state index is 4.43. The van der Waals surface area contributed by atoms with Crippen LogP contribution >= 0.6 is 11.3 Å². The second kappa shape index (κ2) is 10.9. The van der Waals surface area contributed by atoms with Crippen molar-refractivity contribution in [3.8, 4) is 0 Å². The van der Waals surface area contributed by atoms with Crippen molar-refractivity contribution in [2.75, 3.05) is 23.3 Å². The first-order valence-corrected chi connectivity index (χ1v) is 10.0. The predicted octanol–water partition coefficient (Wildman–Crippen LogP) is 3.25. The minimum absolute atomic E-state index is 0. The van der Waals surface area contributed by atoms with Gasteiger partial charge in [-0.3, -0.25) is 0 Å². The number of hydrogen-bond acceptors (Lipinski definition) is 5. The van der Waals surface area contributed by atoms with Gasteiger partial charge in [0.2, 0.25) is 0 Å². The molecule has 0 amide bonds. The molecule has 3 rings (SSSR count). The smallest absolute Gasteiger partial charge is 0.319 e. The molecule has 0 spiro atoms. The highest BCUT2D eigenvalue weighted by molar-refractivity contribution is 7.19. The van der Waals surface area contributed by atoms with Gasteiger partial charge < -0.3 is 27.2 Å². The number of hydrogen-bond donors (Lipinski definition) is 1. The van der Waals surface area contributed by atoms with Gasteiger partial charge >= 0.3 is 5.13 Å². The first-order chi connectivity index (χ1) is 13.2. The van der Waals surface area contributed by atoms with Crippen molar-refractivity contribution < 1.29 is 17.0 Å². The summed E-state index contributed by atoms with van der Waals surface area (Å²) >= 11 is 1.66. The molecule has 0 atom stereocenters. The molecule has 1 aromatic heterocycles. The Morgan fingerprint density at radius 1 is 1.04 bits per heavy atom. The average Bonchev–Trinajstić information content (AvgIpc) is 3.07. The van der Waals surface area contributed by atoms with Gasteiger partial charge in [0.25, 0.3) is 5.00 Å². The van der Waals surface area contributed by atoms with E-state index in [9.17, 15) is 0 Å². The molecule has 7 heteroatoms. The summed E-state index contributed by atoms with van der Waals surface area (Å²) in [5, 5.41) is 14.4. The second-order valence-electron chi connectivity index (χ2n) is 6.22. The van der Waals surface area contributed by atoms with Crippen LogP contribution in [0.3, 0.4) is 0 Å². The number of halogens is 1. The van der Waals surface area contributed by atoms with E-state index in [1.165, 1.54) is 10.6 Å². The Morgan fingerprint density at radius 2 is 1.71 bits per heavy atom. The third-order valence-corrected chi connectivity index (χ3v) is 5.46. The molecule has 2 aromatic carbocycles. The number of azo groups is 1. The van der Waals surface area contributed by atoms with Crippen LogP contribution in [0.1, 0.15) is 19.4 Å². The summed E-state index contributed by atoms with van der Waals surface area (Å²) < 4.78 is 2.03. The summed E-state index contributed by atoms with van der Waals surface area (Å²) in [7, 11) is 2.01. The molecule has 3 aromatic rings. The number of aromatic nitrogens is 1. The van der Waals surface area contributed by atoms with Gasteiger partial charge in [0.1, 0.15) is 0 Å². The maximum Gasteiger partial charge on any atom is 0.319 e. The standard InChI is InChI=1S/C21H26N5S.BrH/c1-4-26(5-2)20-16-25(3)21(27-20)24-23-19-13-11-18(12-14-19)22-15-17-9-7-6-8-10-17;/h6-14,16,22H,4-5,15H2,1-3H3;1H/q+1;/p-1. The van der Waals surface area contributed by atoms with Crippen LogP contribution in [-0.2, 0) is 13.6 Å². The van der Waals surface area contributed by atoms with Crippen LogP contribution in [0, 0.1) is 0 Å². The van der Waals surface area contributed by atoms with Crippen LogP contribution in [0.25, 0.3) is 0 Å². The number of anilines is 2. The molecule has 0 fully saturated rings. The molecule has 0 aliphatic heterocycles. The van der Waals surface area contributed by atoms with Gasteiger partial charge in [-0.25, -0.2) is 4.57 Å². The number of rotatable bonds is 8. The van der Waals surface area contributed by atoms with Gasteiger partial charge in [0.15, 0.2) is 6.20 Å². The van der Waals surface area contributed by atoms with Gasteiger partial charge in [-0.05, 0) is 48.8 Å². The molecule has 0 aliphatic carbocycles. The van der Waals surface area contributed by atoms with E-state index in [1.807, 2.05) is 41.9 Å². The van der Waals surface area contributed by atoms with Crippen molar-refractivity contribution >= 4 is 32.8 Å². The van der Waals surface area contributed by atoms with Gasteiger partial charge in [-0.1, -0.05) is 30.3 Å². The summed E-state index contributed by atoms with van der Waals surface area (Å²) in [6, 6.07) is 18.4. The number of nitrogens with zero attached hydrogens (tertiary/aromatic N) is 4. The number of nitrogens with one attached hydrogen (secondary N) is 1. The number of benzene rings is 2. The van der Waals surface area contributed by atoms with Gasteiger partial charge in [0.05, 0.1) is 17.0 Å². The van der Waals surface area contributed by atoms with E-state index in [0.29, 0.717) is 0 Å². The Labute approximate surface area is 181 Å². The summed E-state index contributed by atoms with van der Waals surface area (Å²) in [5.41, 5.74) is 3.18. The highest BCUT2D eigenvalue weighted by atomic mass is 79.9. The fourth-order valence-corrected chi connectivity index (χ4v) is 3.80. The fourth-order valence-electron chi connectivity index (χ4n) is 2.73. The Hall–Kier alpha value is -2.25. The van der Waals surface area contributed by atoms with E-state index in [0.717, 1.165) is 36.1 Å². The van der Waals surface area contributed by atoms with Crippen LogP contribution < -0.4 is 27.2 Å². The summed E-state index contributed by atoms with van der Waals surface area (Å²) in [4.78, 5) is 2.32. The number of aryl methyl sites for hydroxylation is 1. The third-order valence-electron chi connectivity index (χ3n) is 4.33. The highest BCUT2D eigenvalue weighted by Crippen LogP contribution is 2.32. The summed E-state index contributed by atoms with van der Waals surface area (Å²) in [5.74, 6) is 0. The second-order valence-corrected chi connectivity index (χ2v) is 7.21. The lowest BCUT2D eigenvalue weighted by Crippen LogP contribution is -3.00. The first-order valence-electron chi connectivity index (χ1n) is 9.23. The molecule has 0 saturated heterocycles. The fraction of sp³-hybridized carbons (Fsp3) is 0.286. The molecule has 0 radical (unpaired) electrons. The molecule has 148 valence electrons. The van der Waals surface area contributed by atoms with Crippen molar-refractivity contribution in [2.24, 2.45) is 17.3 Å². The maximum atomic E-state index is 4.43. The molecular weight excluding hydrogens is 434 g/mol. The van der Waals surface area contributed by atoms with Crippen LogP contribution in [0.15, 0.2) is 71.0 Å². The Morgan fingerprint density at radius 3 is 2.36 bits per heavy atom. The Bertz CT molecular complexity index is 874. The van der Waals surface area contributed by atoms with Crippen molar-refractivity contribution in [1.82, 2.24) is 4.57 Å². The highest BCUT2D eigenvalue weighted by Gasteiger charge is 2.18. The van der Waals surface area contributed by atoms with Gasteiger partial charge in [-0.15, -0.1) is 5.11 Å². The topological polar surface area (TPSA) is 44.9 Å². The lowest BCUT2D eigenvalue weighted by Gasteiger charge is -2.11. The average molecular weight is 460 g/mol. The lowest BCUT2D eigenvalue weighted by atomic mass is 10.2. The molecule has 0 saturated carbocycles. The zero-order chi connectivity index (χ0) is 19.1. The van der Waals surface area contributed by atoms with Crippen molar-refractivity contribution in [3.05, 3.63) is 66.4 Å². The molecule has 0 bridgehead atoms. The zero-order valence-corrected chi connectivity index (χ0v) is 18.9. The Balaban J connectivity index is 0.00000280. The monoisotopic (exact) mass is 459 g/mol. The largest absolute Gasteiger partial charge is 1.00 e. The molecule has 28 heavy (non-hydrogen) atoms. The van der Waals surface area contributed by atoms with Crippen LogP contribution in [0.2, 0.25) is 0 Å². The minimum Gasteiger partial charge on any atom is -1.00 e. The van der Waals surface area contributed by atoms with Crippen molar-refractivity contribution in [1.29, 1.82) is 0 Å². The van der Waals surface area contributed by atoms with E-state index < -0.39 is 0 Å². The molecule has 1 heterocycles. The lowest BCUT2D eigenvalue weighted by molar-refractivity contribution is -0.00000555. The van der Waals surface area contributed by atoms with E-state index in [1.54, 1.807) is 11.3 Å². The quantitative estimate of drug-likeness (QED) is 0.415. The molecular formula is C21H26BrN5S. The predicted molar refractivity (Wildman–Crippen MR) is 116 cm³/mol. The molecule has 0 aliphatic rings. The summed E-state index contributed by atoms with van der Waals surface area (Å²) in [6.07, 6.45) is 2.11. The normalized spacial score (nSPS) is 10.7. The van der Waals surface area contributed by atoms with Gasteiger partial charge in [-0.2, -0.15) is 0 Å². The summed E-state index contributed by atoms with van der Waals surface area (Å²) in [6.45, 7) is 7.12. The van der Waals surface area contributed by atoms with E-state index >= 15 is 0 Å². The minimum atomic E-state index is 0. The molecule has 5 nitrogen and oxygen atoms in total. The SMILES string of the molecule is CCN(CC)c1cn(C)[c+](N=Nc2ccc(NCc3ccccc3)cc2)s1.[Br-]. The zero-order valence-electron chi connectivity index (χ0n) is 16.5. The molecule has 1 N–H and O–H groups in total. The van der Waals surface area contributed by atoms with E-state index in [4.69, 9.17) is 0 Å². The van der Waals surface area contributed by atoms with Crippen LogP contribution in [0.4, 0.5) is 21.5 Å². The first kappa shape index (κ1) is 22.0. The van der Waals surface area contributed by atoms with Crippen molar-refractivity contribution in [3.63, 3.8) is 0 Å². The van der Waals surface area contributed by atoms with Crippen LogP contribution in [-0.4, -0.2) is 17.7 Å². The van der Waals surface area contributed by atoms with E-state index in [-0.39, 0.29) is 17.0 Å². The Kier molecular flexibility index (Phi) is 8.60. The van der Waals surface area contributed by atoms with Crippen molar-refractivity contribution in [2.45, 2.75) is 20.4 Å². The van der Waals surface area contributed by atoms with E-state index in [2.05, 4.69) is 64.8 Å². The molecule has 0 unspecified atom stereocenters. The third kappa shape index (κ3) is 5.87. The van der Waals surface area contributed by atoms with Crippen LogP contribution in [0.5, 0.6) is 0 Å². The van der Waals surface area contributed by atoms with Gasteiger partial charge in [0, 0.05) is 32.4 Å².